The number of allylic oxidation sites excluding steroid dienone is 8. The Morgan fingerprint density at radius 3 is 2.64 bits per heavy atom. The molecule has 1 aliphatic carbocycles. The fraction of sp³-hybridized carbons (Fsp3) is 0.450. The summed E-state index contributed by atoms with van der Waals surface area (Å²) in [7, 11) is -1.25. The molecule has 3 aliphatic rings. The Balaban J connectivity index is 1.81. The van der Waals surface area contributed by atoms with Crippen molar-refractivity contribution in [3.63, 3.8) is 0 Å². The molecule has 0 amide bonds. The Morgan fingerprint density at radius 1 is 1.14 bits per heavy atom. The van der Waals surface area contributed by atoms with Gasteiger partial charge in [-0.25, -0.2) is 13.2 Å². The average Bonchev–Trinajstić information content (AvgIpc) is 2.96. The predicted octanol–water partition coefficient (Wildman–Crippen LogP) is 5.11. The lowest BCUT2D eigenvalue weighted by atomic mass is 10.0. The van der Waals surface area contributed by atoms with Crippen molar-refractivity contribution < 1.29 is 4.21 Å². The molecule has 0 radical (unpaired) electrons. The second-order valence-corrected chi connectivity index (χ2v) is 9.62. The Hall–Kier alpha value is -1.34. The monoisotopic (exact) mass is 438 g/mol. The third-order valence-electron chi connectivity index (χ3n) is 5.26. The molecule has 0 bridgehead atoms. The van der Waals surface area contributed by atoms with Crippen molar-refractivity contribution in [1.82, 2.24) is 14.1 Å². The number of nitrogens with one attached hydrogen (secondary N) is 1. The van der Waals surface area contributed by atoms with Crippen LogP contribution in [0.15, 0.2) is 50.5 Å². The average molecular weight is 439 g/mol. The van der Waals surface area contributed by atoms with E-state index in [1.54, 1.807) is 0 Å². The number of nitrogens with zero attached hydrogens (tertiary/aromatic N) is 3. The van der Waals surface area contributed by atoms with Gasteiger partial charge in [-0.15, -0.1) is 0 Å². The summed E-state index contributed by atoms with van der Waals surface area (Å²) in [5, 5.41) is 9.13. The molecule has 1 saturated heterocycles. The zero-order valence-electron chi connectivity index (χ0n) is 16.0. The molecule has 28 heavy (non-hydrogen) atoms. The molecule has 1 aromatic heterocycles. The van der Waals surface area contributed by atoms with Gasteiger partial charge in [0.2, 0.25) is 0 Å². The van der Waals surface area contributed by atoms with E-state index in [0.29, 0.717) is 16.5 Å². The smallest absolute Gasteiger partial charge is 0.129 e. The maximum absolute atomic E-state index is 13.6. The van der Waals surface area contributed by atoms with Gasteiger partial charge in [0.15, 0.2) is 0 Å². The molecule has 1 fully saturated rings. The van der Waals surface area contributed by atoms with Crippen LogP contribution in [0.5, 0.6) is 0 Å². The fourth-order valence-electron chi connectivity index (χ4n) is 3.93. The first-order chi connectivity index (χ1) is 13.5. The first-order valence-electron chi connectivity index (χ1n) is 9.60. The second-order valence-electron chi connectivity index (χ2n) is 7.36. The minimum absolute atomic E-state index is 0.280. The Bertz CT molecular complexity index is 938. The van der Waals surface area contributed by atoms with E-state index in [0.717, 1.165) is 53.6 Å². The van der Waals surface area contributed by atoms with E-state index in [4.69, 9.17) is 28.3 Å². The number of hydrogen-bond acceptors (Lipinski definition) is 3. The number of aromatic nitrogens is 2. The molecule has 2 unspecified atom stereocenters. The van der Waals surface area contributed by atoms with Crippen molar-refractivity contribution in [2.45, 2.75) is 45.6 Å². The Kier molecular flexibility index (Phi) is 5.83. The third-order valence-corrected chi connectivity index (χ3v) is 7.77. The van der Waals surface area contributed by atoms with Crippen LogP contribution in [0.4, 0.5) is 5.82 Å². The van der Waals surface area contributed by atoms with E-state index in [-0.39, 0.29) is 6.04 Å². The Morgan fingerprint density at radius 2 is 1.89 bits per heavy atom. The molecule has 0 saturated carbocycles. The summed E-state index contributed by atoms with van der Waals surface area (Å²) in [6.45, 7) is 5.65. The highest BCUT2D eigenvalue weighted by atomic mass is 35.5. The van der Waals surface area contributed by atoms with Gasteiger partial charge in [-0.2, -0.15) is 5.10 Å². The summed E-state index contributed by atoms with van der Waals surface area (Å²) in [5.74, 6) is 0.896. The quantitative estimate of drug-likeness (QED) is 0.712. The zero-order chi connectivity index (χ0) is 19.8. The van der Waals surface area contributed by atoms with Crippen molar-refractivity contribution in [2.24, 2.45) is 0 Å². The van der Waals surface area contributed by atoms with Crippen molar-refractivity contribution >= 4 is 40.0 Å². The van der Waals surface area contributed by atoms with Crippen LogP contribution in [0, 0.1) is 6.92 Å². The van der Waals surface area contributed by atoms with Gasteiger partial charge in [-0.05, 0) is 44.8 Å². The first-order valence-corrected chi connectivity index (χ1v) is 11.5. The summed E-state index contributed by atoms with van der Waals surface area (Å²) >= 11 is 12.6. The van der Waals surface area contributed by atoms with Crippen molar-refractivity contribution in [2.75, 3.05) is 18.4 Å². The molecule has 3 heterocycles. The largest absolute Gasteiger partial charge is 0.343 e. The second kappa shape index (κ2) is 8.19. The van der Waals surface area contributed by atoms with E-state index >= 15 is 0 Å². The van der Waals surface area contributed by atoms with Crippen LogP contribution >= 0.6 is 23.2 Å². The summed E-state index contributed by atoms with van der Waals surface area (Å²) in [6, 6.07) is 1.72. The normalized spacial score (nSPS) is 24.6. The van der Waals surface area contributed by atoms with Gasteiger partial charge >= 0.3 is 0 Å². The van der Waals surface area contributed by atoms with Gasteiger partial charge in [0.05, 0.1) is 20.7 Å². The predicted molar refractivity (Wildman–Crippen MR) is 116 cm³/mol. The molecule has 4 rings (SSSR count). The fourth-order valence-corrected chi connectivity index (χ4v) is 5.88. The van der Waals surface area contributed by atoms with Crippen LogP contribution in [0.1, 0.15) is 44.3 Å². The molecule has 8 heteroatoms. The highest BCUT2D eigenvalue weighted by molar-refractivity contribution is 7.86. The highest BCUT2D eigenvalue weighted by Gasteiger charge is 2.36. The van der Waals surface area contributed by atoms with Crippen LogP contribution in [0.3, 0.4) is 0 Å². The lowest BCUT2D eigenvalue weighted by Gasteiger charge is -2.34. The molecular formula is C20H24Cl2N4OS. The number of anilines is 1. The van der Waals surface area contributed by atoms with E-state index in [9.17, 15) is 4.21 Å². The summed E-state index contributed by atoms with van der Waals surface area (Å²) in [5.41, 5.74) is 2.78. The van der Waals surface area contributed by atoms with E-state index in [2.05, 4.69) is 15.7 Å². The number of rotatable bonds is 3. The highest BCUT2D eigenvalue weighted by Crippen LogP contribution is 2.41. The van der Waals surface area contributed by atoms with Crippen molar-refractivity contribution in [3.05, 3.63) is 56.2 Å². The summed E-state index contributed by atoms with van der Waals surface area (Å²) < 4.78 is 17.6. The molecular weight excluding hydrogens is 415 g/mol. The molecule has 1 aromatic rings. The van der Waals surface area contributed by atoms with E-state index < -0.39 is 11.0 Å². The molecule has 2 aliphatic heterocycles. The SMILES string of the molecule is CC1=C(S(=O)N2CCCCC2)C(C2=CCC=C(Cl)C(Cl)=C2)n2nc(C)cc2N1. The van der Waals surface area contributed by atoms with Gasteiger partial charge in [0.1, 0.15) is 22.8 Å². The lowest BCUT2D eigenvalue weighted by Crippen LogP contribution is -2.37. The molecule has 150 valence electrons. The number of fused-ring (bicyclic) bond motifs is 1. The van der Waals surface area contributed by atoms with E-state index in [1.165, 1.54) is 6.42 Å². The molecule has 0 spiro atoms. The third kappa shape index (κ3) is 3.75. The minimum atomic E-state index is -1.25. The summed E-state index contributed by atoms with van der Waals surface area (Å²) in [4.78, 5) is 0.836. The van der Waals surface area contributed by atoms with Gasteiger partial charge in [0, 0.05) is 24.9 Å². The van der Waals surface area contributed by atoms with Gasteiger partial charge in [-0.1, -0.05) is 41.8 Å². The minimum Gasteiger partial charge on any atom is -0.343 e. The van der Waals surface area contributed by atoms with Crippen molar-refractivity contribution in [1.29, 1.82) is 0 Å². The van der Waals surface area contributed by atoms with Crippen LogP contribution in [0.2, 0.25) is 0 Å². The maximum Gasteiger partial charge on any atom is 0.129 e. The Labute approximate surface area is 178 Å². The van der Waals surface area contributed by atoms with Gasteiger partial charge < -0.3 is 5.32 Å². The van der Waals surface area contributed by atoms with Gasteiger partial charge in [-0.3, -0.25) is 0 Å². The maximum atomic E-state index is 13.6. The number of piperidine rings is 1. The topological polar surface area (TPSA) is 50.2 Å². The zero-order valence-corrected chi connectivity index (χ0v) is 18.4. The molecule has 0 aromatic carbocycles. The van der Waals surface area contributed by atoms with Crippen molar-refractivity contribution in [3.8, 4) is 0 Å². The molecule has 5 nitrogen and oxygen atoms in total. The number of aryl methyl sites for hydroxylation is 1. The first kappa shape index (κ1) is 20.0. The molecule has 1 N–H and O–H groups in total. The standard InChI is InChI=1S/C20H24Cl2N4OS/c1-13-11-18-23-14(2)20(28(27)25-9-4-3-5-10-25)19(26(18)24-13)15-7-6-8-16(21)17(22)12-15/h7-8,11-12,19,23H,3-6,9-10H2,1-2H3. The number of halogens is 2. The number of hydrogen-bond donors (Lipinski definition) is 1. The van der Waals surface area contributed by atoms with Crippen LogP contribution in [-0.2, 0) is 11.0 Å². The molecule has 2 atom stereocenters. The van der Waals surface area contributed by atoms with Crippen LogP contribution in [-0.4, -0.2) is 31.4 Å². The lowest BCUT2D eigenvalue weighted by molar-refractivity contribution is 0.366. The summed E-state index contributed by atoms with van der Waals surface area (Å²) in [6.07, 6.45) is 9.89. The van der Waals surface area contributed by atoms with E-state index in [1.807, 2.05) is 36.7 Å². The van der Waals surface area contributed by atoms with Crippen LogP contribution < -0.4 is 5.32 Å². The van der Waals surface area contributed by atoms with Gasteiger partial charge in [0.25, 0.3) is 0 Å². The van der Waals surface area contributed by atoms with Crippen LogP contribution in [0.25, 0.3) is 0 Å².